The van der Waals surface area contributed by atoms with Crippen LogP contribution >= 0.6 is 0 Å². The average Bonchev–Trinajstić information content (AvgIpc) is 3.38. The van der Waals surface area contributed by atoms with Crippen molar-refractivity contribution in [3.05, 3.63) is 83.9 Å². The summed E-state index contributed by atoms with van der Waals surface area (Å²) >= 11 is 0. The number of nitrogens with zero attached hydrogens (tertiary/aromatic N) is 5. The number of para-hydroxylation sites is 1. The van der Waals surface area contributed by atoms with E-state index >= 15 is 0 Å². The molecule has 0 aliphatic carbocycles. The molecular weight excluding hydrogens is 410 g/mol. The van der Waals surface area contributed by atoms with Crippen LogP contribution in [-0.4, -0.2) is 50.5 Å². The second-order valence-electron chi connectivity index (χ2n) is 8.30. The highest BCUT2D eigenvalue weighted by Gasteiger charge is 2.25. The summed E-state index contributed by atoms with van der Waals surface area (Å²) < 4.78 is 2.23. The van der Waals surface area contributed by atoms with E-state index in [1.807, 2.05) is 48.5 Å². The van der Waals surface area contributed by atoms with Crippen LogP contribution in [0.3, 0.4) is 0 Å². The summed E-state index contributed by atoms with van der Waals surface area (Å²) in [4.78, 5) is 25.2. The number of rotatable bonds is 6. The van der Waals surface area contributed by atoms with Gasteiger partial charge >= 0.3 is 6.03 Å². The van der Waals surface area contributed by atoms with Crippen molar-refractivity contribution in [2.75, 3.05) is 20.1 Å². The molecule has 33 heavy (non-hydrogen) atoms. The molecule has 2 amide bonds. The monoisotopic (exact) mass is 437 g/mol. The van der Waals surface area contributed by atoms with Gasteiger partial charge < -0.3 is 14.4 Å². The molecule has 0 saturated carbocycles. The summed E-state index contributed by atoms with van der Waals surface area (Å²) in [5.74, 6) is 0.922. The third-order valence-corrected chi connectivity index (χ3v) is 6.14. The van der Waals surface area contributed by atoms with E-state index in [2.05, 4.69) is 58.9 Å². The quantitative estimate of drug-likeness (QED) is 0.419. The average molecular weight is 438 g/mol. The standard InChI is InChI=1S/C27H27N5O/c1-3-32-24-11-7-10-23(21-8-5-4-6-9-21)26(24)29-25(32)15-13-20-12-14-22(28-18-20)19-31-17-16-30(2)27(31)33/h4-15,18H,3,16-17,19H2,1-2H3/b15-13+. The normalized spacial score (nSPS) is 14.2. The Kier molecular flexibility index (Phi) is 5.65. The van der Waals surface area contributed by atoms with Gasteiger partial charge in [-0.2, -0.15) is 0 Å². The van der Waals surface area contributed by atoms with Gasteiger partial charge in [-0.15, -0.1) is 0 Å². The van der Waals surface area contributed by atoms with E-state index in [0.717, 1.165) is 53.3 Å². The molecule has 0 bridgehead atoms. The molecular formula is C27H27N5O. The van der Waals surface area contributed by atoms with Gasteiger partial charge in [-0.1, -0.05) is 48.5 Å². The van der Waals surface area contributed by atoms with Crippen LogP contribution in [0.5, 0.6) is 0 Å². The van der Waals surface area contributed by atoms with Crippen LogP contribution in [0.25, 0.3) is 34.3 Å². The Morgan fingerprint density at radius 1 is 0.970 bits per heavy atom. The summed E-state index contributed by atoms with van der Waals surface area (Å²) in [7, 11) is 1.83. The van der Waals surface area contributed by atoms with Crippen molar-refractivity contribution in [1.29, 1.82) is 0 Å². The van der Waals surface area contributed by atoms with Crippen molar-refractivity contribution in [2.24, 2.45) is 0 Å². The Bertz CT molecular complexity index is 1310. The number of likely N-dealkylation sites (N-methyl/N-ethyl adjacent to an activating group) is 1. The second kappa shape index (κ2) is 8.90. The van der Waals surface area contributed by atoms with Crippen LogP contribution in [0, 0.1) is 0 Å². The first-order valence-corrected chi connectivity index (χ1v) is 11.3. The second-order valence-corrected chi connectivity index (χ2v) is 8.30. The Morgan fingerprint density at radius 3 is 2.52 bits per heavy atom. The Balaban J connectivity index is 1.40. The SMILES string of the molecule is CCn1c(/C=C/c2ccc(CN3CCN(C)C3=O)nc2)nc2c(-c3ccccc3)cccc21. The minimum absolute atomic E-state index is 0.0640. The molecule has 2 aromatic carbocycles. The molecule has 6 heteroatoms. The minimum Gasteiger partial charge on any atom is -0.326 e. The lowest BCUT2D eigenvalue weighted by Crippen LogP contribution is -2.29. The molecule has 1 aliphatic heterocycles. The third kappa shape index (κ3) is 4.12. The highest BCUT2D eigenvalue weighted by molar-refractivity contribution is 5.93. The number of carbonyl (C=O) groups is 1. The largest absolute Gasteiger partial charge is 0.326 e. The van der Waals surface area contributed by atoms with Gasteiger partial charge in [0.15, 0.2) is 0 Å². The number of hydrogen-bond donors (Lipinski definition) is 0. The van der Waals surface area contributed by atoms with E-state index in [-0.39, 0.29) is 6.03 Å². The molecule has 3 heterocycles. The number of pyridine rings is 1. The topological polar surface area (TPSA) is 54.3 Å². The van der Waals surface area contributed by atoms with Crippen LogP contribution in [0.2, 0.25) is 0 Å². The number of fused-ring (bicyclic) bond motifs is 1. The highest BCUT2D eigenvalue weighted by atomic mass is 16.2. The van der Waals surface area contributed by atoms with Gasteiger partial charge in [-0.3, -0.25) is 4.98 Å². The van der Waals surface area contributed by atoms with E-state index in [1.165, 1.54) is 5.56 Å². The van der Waals surface area contributed by atoms with Crippen LogP contribution < -0.4 is 0 Å². The lowest BCUT2D eigenvalue weighted by atomic mass is 10.0. The molecule has 166 valence electrons. The summed E-state index contributed by atoms with van der Waals surface area (Å²) in [6.07, 6.45) is 5.94. The molecule has 6 nitrogen and oxygen atoms in total. The van der Waals surface area contributed by atoms with Crippen molar-refractivity contribution in [3.8, 4) is 11.1 Å². The number of aromatic nitrogens is 3. The van der Waals surface area contributed by atoms with Gasteiger partial charge in [-0.05, 0) is 42.3 Å². The summed E-state index contributed by atoms with van der Waals surface area (Å²) in [5, 5.41) is 0. The maximum absolute atomic E-state index is 12.1. The molecule has 2 aromatic heterocycles. The first kappa shape index (κ1) is 20.9. The predicted octanol–water partition coefficient (Wildman–Crippen LogP) is 5.16. The van der Waals surface area contributed by atoms with Crippen molar-refractivity contribution in [1.82, 2.24) is 24.3 Å². The molecule has 1 aliphatic rings. The Morgan fingerprint density at radius 2 is 1.82 bits per heavy atom. The van der Waals surface area contributed by atoms with Crippen molar-refractivity contribution < 1.29 is 4.79 Å². The van der Waals surface area contributed by atoms with E-state index in [9.17, 15) is 4.79 Å². The van der Waals surface area contributed by atoms with Crippen LogP contribution in [-0.2, 0) is 13.1 Å². The van der Waals surface area contributed by atoms with Crippen LogP contribution in [0.1, 0.15) is 24.0 Å². The molecule has 0 N–H and O–H groups in total. The Hall–Kier alpha value is -3.93. The number of benzene rings is 2. The fourth-order valence-electron chi connectivity index (χ4n) is 4.32. The van der Waals surface area contributed by atoms with Crippen LogP contribution in [0.4, 0.5) is 4.79 Å². The maximum atomic E-state index is 12.1. The predicted molar refractivity (Wildman–Crippen MR) is 132 cm³/mol. The molecule has 0 spiro atoms. The highest BCUT2D eigenvalue weighted by Crippen LogP contribution is 2.29. The smallest absolute Gasteiger partial charge is 0.320 e. The third-order valence-electron chi connectivity index (χ3n) is 6.14. The minimum atomic E-state index is 0.0640. The van der Waals surface area contributed by atoms with Gasteiger partial charge in [-0.25, -0.2) is 9.78 Å². The van der Waals surface area contributed by atoms with Crippen molar-refractivity contribution in [3.63, 3.8) is 0 Å². The number of aryl methyl sites for hydroxylation is 1. The molecule has 4 aromatic rings. The number of urea groups is 1. The number of carbonyl (C=O) groups excluding carboxylic acids is 1. The van der Waals surface area contributed by atoms with Crippen molar-refractivity contribution >= 4 is 29.2 Å². The zero-order valence-corrected chi connectivity index (χ0v) is 19.0. The molecule has 0 atom stereocenters. The summed E-state index contributed by atoms with van der Waals surface area (Å²) in [5.41, 5.74) is 6.35. The summed E-state index contributed by atoms with van der Waals surface area (Å²) in [6.45, 7) is 5.03. The zero-order valence-electron chi connectivity index (χ0n) is 19.0. The van der Waals surface area contributed by atoms with Crippen LogP contribution in [0.15, 0.2) is 66.9 Å². The van der Waals surface area contributed by atoms with Gasteiger partial charge in [0.05, 0.1) is 23.3 Å². The van der Waals surface area contributed by atoms with Gasteiger partial charge in [0.2, 0.25) is 0 Å². The number of amides is 2. The van der Waals surface area contributed by atoms with E-state index in [0.29, 0.717) is 6.54 Å². The summed E-state index contributed by atoms with van der Waals surface area (Å²) in [6, 6.07) is 20.8. The number of hydrogen-bond acceptors (Lipinski definition) is 3. The fraction of sp³-hybridized carbons (Fsp3) is 0.222. The number of imidazole rings is 1. The van der Waals surface area contributed by atoms with Gasteiger partial charge in [0.25, 0.3) is 0 Å². The zero-order chi connectivity index (χ0) is 22.8. The van der Waals surface area contributed by atoms with Gasteiger partial charge in [0, 0.05) is 38.4 Å². The van der Waals surface area contributed by atoms with E-state index < -0.39 is 0 Å². The first-order valence-electron chi connectivity index (χ1n) is 11.3. The first-order chi connectivity index (χ1) is 16.1. The molecule has 1 saturated heterocycles. The van der Waals surface area contributed by atoms with Crippen molar-refractivity contribution in [2.45, 2.75) is 20.0 Å². The fourth-order valence-corrected chi connectivity index (χ4v) is 4.32. The Labute approximate surface area is 193 Å². The lowest BCUT2D eigenvalue weighted by molar-refractivity contribution is 0.196. The molecule has 1 fully saturated rings. The molecule has 0 unspecified atom stereocenters. The lowest BCUT2D eigenvalue weighted by Gasteiger charge is -2.15. The van der Waals surface area contributed by atoms with E-state index in [4.69, 9.17) is 4.98 Å². The maximum Gasteiger partial charge on any atom is 0.320 e. The molecule has 5 rings (SSSR count). The molecule has 0 radical (unpaired) electrons. The van der Waals surface area contributed by atoms with Gasteiger partial charge in [0.1, 0.15) is 5.82 Å². The van der Waals surface area contributed by atoms with E-state index in [1.54, 1.807) is 4.90 Å².